The van der Waals surface area contributed by atoms with Crippen molar-refractivity contribution in [1.82, 2.24) is 0 Å². The predicted octanol–water partition coefficient (Wildman–Crippen LogP) is 5.93. The van der Waals surface area contributed by atoms with E-state index in [1.54, 1.807) is 24.3 Å². The van der Waals surface area contributed by atoms with Gasteiger partial charge < -0.3 is 0 Å². The van der Waals surface area contributed by atoms with Gasteiger partial charge in [-0.2, -0.15) is 16.8 Å². The molecule has 0 aliphatic rings. The number of hydrogen-bond donors (Lipinski definition) is 0. The molecule has 0 unspecified atom stereocenters. The van der Waals surface area contributed by atoms with Gasteiger partial charge >= 0.3 is 28.5 Å². The molecule has 34 heavy (non-hydrogen) atoms. The fourth-order valence-corrected chi connectivity index (χ4v) is 8.18. The molecule has 0 fully saturated rings. The molecule has 0 radical (unpaired) electrons. The molecule has 0 bridgehead atoms. The Kier molecular flexibility index (Phi) is 12.0. The van der Waals surface area contributed by atoms with Crippen LogP contribution in [0.15, 0.2) is 56.0 Å². The van der Waals surface area contributed by atoms with Crippen LogP contribution < -0.4 is 0 Å². The monoisotopic (exact) mass is 609 g/mol. The summed E-state index contributed by atoms with van der Waals surface area (Å²) in [5.74, 6) is 1.18. The Balaban J connectivity index is 1.93. The molecule has 0 N–H and O–H groups in total. The first-order chi connectivity index (χ1) is 16.0. The van der Waals surface area contributed by atoms with E-state index in [0.717, 1.165) is 0 Å². The van der Waals surface area contributed by atoms with E-state index >= 15 is 0 Å². The van der Waals surface area contributed by atoms with Crippen molar-refractivity contribution in [3.05, 3.63) is 46.4 Å². The highest BCUT2D eigenvalue weighted by Crippen LogP contribution is 2.35. The summed E-state index contributed by atoms with van der Waals surface area (Å²) >= 11 is 14.5. The van der Waals surface area contributed by atoms with Gasteiger partial charge in [0.2, 0.25) is 13.6 Å². The molecule has 9 nitrogen and oxygen atoms in total. The van der Waals surface area contributed by atoms with Gasteiger partial charge in [-0.25, -0.2) is 8.37 Å². The van der Waals surface area contributed by atoms with E-state index in [2.05, 4.69) is 9.05 Å². The predicted molar refractivity (Wildman–Crippen MR) is 132 cm³/mol. The Labute approximate surface area is 218 Å². The zero-order valence-corrected chi connectivity index (χ0v) is 23.5. The highest BCUT2D eigenvalue weighted by Gasteiger charge is 2.29. The lowest BCUT2D eigenvalue weighted by Crippen LogP contribution is -2.11. The third-order valence-corrected chi connectivity index (χ3v) is 10.0. The summed E-state index contributed by atoms with van der Waals surface area (Å²) in [6.07, 6.45) is 0. The smallest absolute Gasteiger partial charge is 0.232 e. The lowest BCUT2D eigenvalue weighted by molar-refractivity contribution is 0.0752. The first kappa shape index (κ1) is 29.8. The third kappa shape index (κ3) is 8.31. The van der Waals surface area contributed by atoms with Crippen LogP contribution in [-0.2, 0) is 42.2 Å². The molecular weight excluding hydrogens is 590 g/mol. The van der Waals surface area contributed by atoms with Crippen LogP contribution in [0.3, 0.4) is 0 Å². The van der Waals surface area contributed by atoms with Crippen molar-refractivity contribution in [3.63, 3.8) is 0 Å². The van der Waals surface area contributed by atoms with Gasteiger partial charge in [-0.1, -0.05) is 58.2 Å². The van der Waals surface area contributed by atoms with Crippen molar-refractivity contribution in [2.45, 2.75) is 33.4 Å². The summed E-state index contributed by atoms with van der Waals surface area (Å²) < 4.78 is 80.7. The standard InChI is InChI=1S/C18H20Cl2O9PS4/c1-3-31-15-9-5-7-13(19)17(15)33(22,23)28-11-26-30(21)27-12-29-34(24,25)18-14(20)8-6-10-16(18)32-4-2/h5-10H,3-4,11-12H2,1-2H3/q+1. The molecule has 0 saturated heterocycles. The molecule has 2 aromatic carbocycles. The summed E-state index contributed by atoms with van der Waals surface area (Å²) in [7, 11) is -11.7. The van der Waals surface area contributed by atoms with Crippen LogP contribution >= 0.6 is 55.0 Å². The maximum atomic E-state index is 12.5. The number of rotatable bonds is 14. The highest BCUT2D eigenvalue weighted by atomic mass is 35.5. The molecule has 0 amide bonds. The first-order valence-electron chi connectivity index (χ1n) is 9.38. The van der Waals surface area contributed by atoms with Crippen molar-refractivity contribution >= 4 is 75.2 Å². The van der Waals surface area contributed by atoms with Crippen LogP contribution in [0.25, 0.3) is 0 Å². The van der Waals surface area contributed by atoms with E-state index < -0.39 is 42.1 Å². The zero-order valence-electron chi connectivity index (χ0n) is 17.8. The van der Waals surface area contributed by atoms with Crippen molar-refractivity contribution in [2.75, 3.05) is 25.1 Å². The maximum absolute atomic E-state index is 12.5. The second-order valence-corrected chi connectivity index (χ2v) is 13.4. The molecular formula is C18H20Cl2O9PS4+. The Hall–Kier alpha value is -0.440. The van der Waals surface area contributed by atoms with E-state index in [4.69, 9.17) is 31.6 Å². The van der Waals surface area contributed by atoms with Crippen molar-refractivity contribution in [2.24, 2.45) is 0 Å². The van der Waals surface area contributed by atoms with Gasteiger partial charge in [0.25, 0.3) is 0 Å². The molecule has 2 aromatic rings. The second kappa shape index (κ2) is 13.8. The summed E-state index contributed by atoms with van der Waals surface area (Å²) in [4.78, 5) is 0.292. The molecule has 0 aliphatic carbocycles. The Morgan fingerprint density at radius 2 is 1.15 bits per heavy atom. The molecule has 0 aromatic heterocycles. The quantitative estimate of drug-likeness (QED) is 0.109. The molecule has 2 rings (SSSR count). The topological polar surface area (TPSA) is 122 Å². The maximum Gasteiger partial charge on any atom is 0.702 e. The first-order valence-corrected chi connectivity index (χ1v) is 16.0. The van der Waals surface area contributed by atoms with Gasteiger partial charge in [0.05, 0.1) is 10.0 Å². The Bertz CT molecular complexity index is 1130. The van der Waals surface area contributed by atoms with Crippen LogP contribution in [-0.4, -0.2) is 41.9 Å². The van der Waals surface area contributed by atoms with Crippen molar-refractivity contribution < 1.29 is 38.8 Å². The molecule has 16 heteroatoms. The minimum absolute atomic E-state index is 0.0436. The van der Waals surface area contributed by atoms with E-state index in [0.29, 0.717) is 21.3 Å². The van der Waals surface area contributed by atoms with Crippen LogP contribution in [0.5, 0.6) is 0 Å². The van der Waals surface area contributed by atoms with Gasteiger partial charge in [0.1, 0.15) is 9.79 Å². The normalized spacial score (nSPS) is 12.1. The third-order valence-electron chi connectivity index (χ3n) is 3.68. The van der Waals surface area contributed by atoms with Crippen LogP contribution in [0.2, 0.25) is 10.0 Å². The summed E-state index contributed by atoms with van der Waals surface area (Å²) in [5.41, 5.74) is 0. The minimum Gasteiger partial charge on any atom is -0.232 e. The lowest BCUT2D eigenvalue weighted by Gasteiger charge is -2.10. The highest BCUT2D eigenvalue weighted by molar-refractivity contribution is 8.00. The lowest BCUT2D eigenvalue weighted by atomic mass is 10.4. The second-order valence-electron chi connectivity index (χ2n) is 5.86. The van der Waals surface area contributed by atoms with E-state index in [-0.39, 0.29) is 19.8 Å². The van der Waals surface area contributed by atoms with Gasteiger partial charge in [0, 0.05) is 14.4 Å². The summed E-state index contributed by atoms with van der Waals surface area (Å²) in [6.45, 7) is 1.75. The average Bonchev–Trinajstić information content (AvgIpc) is 2.73. The Morgan fingerprint density at radius 1 is 0.765 bits per heavy atom. The number of hydrogen-bond acceptors (Lipinski definition) is 11. The van der Waals surface area contributed by atoms with Crippen molar-refractivity contribution in [3.8, 4) is 0 Å². The molecule has 0 saturated carbocycles. The number of thioether (sulfide) groups is 2. The SMILES string of the molecule is CCSc1cccc(Cl)c1S(=O)(=O)OCO[P+](=O)OCOS(=O)(=O)c1c(Cl)cccc1SCC. The Morgan fingerprint density at radius 3 is 1.50 bits per heavy atom. The molecule has 188 valence electrons. The van der Waals surface area contributed by atoms with Gasteiger partial charge in [-0.3, -0.25) is 0 Å². The van der Waals surface area contributed by atoms with Gasteiger partial charge in [-0.05, 0) is 35.8 Å². The van der Waals surface area contributed by atoms with Crippen LogP contribution in [0.4, 0.5) is 0 Å². The number of halogens is 2. The fraction of sp³-hybridized carbons (Fsp3) is 0.333. The molecule has 0 aliphatic heterocycles. The van der Waals surface area contributed by atoms with Crippen LogP contribution in [0, 0.1) is 0 Å². The minimum atomic E-state index is -4.34. The van der Waals surface area contributed by atoms with Gasteiger partial charge in [-0.15, -0.1) is 23.5 Å². The molecule has 0 heterocycles. The van der Waals surface area contributed by atoms with Gasteiger partial charge in [0.15, 0.2) is 0 Å². The molecule has 0 spiro atoms. The zero-order chi connectivity index (χ0) is 25.4. The average molecular weight is 610 g/mol. The van der Waals surface area contributed by atoms with E-state index in [1.807, 2.05) is 13.8 Å². The largest absolute Gasteiger partial charge is 0.702 e. The number of benzene rings is 2. The summed E-state index contributed by atoms with van der Waals surface area (Å²) in [5, 5.41) is -0.0873. The van der Waals surface area contributed by atoms with E-state index in [1.165, 1.54) is 35.7 Å². The summed E-state index contributed by atoms with van der Waals surface area (Å²) in [6, 6.07) is 9.12. The van der Waals surface area contributed by atoms with Crippen molar-refractivity contribution in [1.29, 1.82) is 0 Å². The van der Waals surface area contributed by atoms with Crippen LogP contribution in [0.1, 0.15) is 13.8 Å². The fourth-order valence-electron chi connectivity index (χ4n) is 2.41. The van der Waals surface area contributed by atoms with E-state index in [9.17, 15) is 21.4 Å². The molecule has 0 atom stereocenters.